The molecule has 2 heteroatoms. The zero-order valence-corrected chi connectivity index (χ0v) is 8.59. The quantitative estimate of drug-likeness (QED) is 0.722. The van der Waals surface area contributed by atoms with Crippen molar-refractivity contribution in [3.8, 4) is 0 Å². The Balaban J connectivity index is 1.70. The van der Waals surface area contributed by atoms with Gasteiger partial charge >= 0.3 is 0 Å². The van der Waals surface area contributed by atoms with Crippen molar-refractivity contribution in [2.24, 2.45) is 5.92 Å². The highest BCUT2D eigenvalue weighted by atomic mass is 16.5. The first-order valence-electron chi connectivity index (χ1n) is 5.70. The SMILES string of the molecule is C[C@H](NC1COC1)C1CCCCC1. The Morgan fingerprint density at radius 3 is 2.38 bits per heavy atom. The fourth-order valence-electron chi connectivity index (χ4n) is 2.47. The van der Waals surface area contributed by atoms with Crippen LogP contribution >= 0.6 is 0 Å². The lowest BCUT2D eigenvalue weighted by molar-refractivity contribution is -0.0131. The van der Waals surface area contributed by atoms with Crippen molar-refractivity contribution in [2.75, 3.05) is 13.2 Å². The van der Waals surface area contributed by atoms with Crippen LogP contribution in [-0.4, -0.2) is 25.3 Å². The third-order valence-corrected chi connectivity index (χ3v) is 3.49. The van der Waals surface area contributed by atoms with E-state index in [9.17, 15) is 0 Å². The van der Waals surface area contributed by atoms with Crippen LogP contribution in [0.2, 0.25) is 0 Å². The van der Waals surface area contributed by atoms with Crippen LogP contribution in [0.3, 0.4) is 0 Å². The summed E-state index contributed by atoms with van der Waals surface area (Å²) in [6.07, 6.45) is 7.20. The minimum Gasteiger partial charge on any atom is -0.378 e. The van der Waals surface area contributed by atoms with Crippen molar-refractivity contribution in [1.29, 1.82) is 0 Å². The molecule has 2 fully saturated rings. The summed E-state index contributed by atoms with van der Waals surface area (Å²) in [4.78, 5) is 0. The molecule has 0 aromatic heterocycles. The molecule has 1 saturated carbocycles. The molecule has 1 heterocycles. The number of ether oxygens (including phenoxy) is 1. The molecular formula is C11H21NO. The van der Waals surface area contributed by atoms with Crippen molar-refractivity contribution in [3.63, 3.8) is 0 Å². The summed E-state index contributed by atoms with van der Waals surface area (Å²) in [5.41, 5.74) is 0. The van der Waals surface area contributed by atoms with Crippen LogP contribution < -0.4 is 5.32 Å². The third-order valence-electron chi connectivity index (χ3n) is 3.49. The van der Waals surface area contributed by atoms with Gasteiger partial charge in [0.1, 0.15) is 0 Å². The molecule has 0 unspecified atom stereocenters. The maximum absolute atomic E-state index is 5.16. The van der Waals surface area contributed by atoms with E-state index in [0.717, 1.165) is 19.1 Å². The molecule has 1 saturated heterocycles. The highest BCUT2D eigenvalue weighted by molar-refractivity contribution is 4.82. The Labute approximate surface area is 81.0 Å². The molecule has 0 radical (unpaired) electrons. The fraction of sp³-hybridized carbons (Fsp3) is 1.00. The molecule has 0 amide bonds. The summed E-state index contributed by atoms with van der Waals surface area (Å²) in [6.45, 7) is 4.20. The van der Waals surface area contributed by atoms with Crippen LogP contribution in [0.5, 0.6) is 0 Å². The first-order valence-corrected chi connectivity index (χ1v) is 5.70. The second-order valence-corrected chi connectivity index (χ2v) is 4.59. The predicted molar refractivity (Wildman–Crippen MR) is 53.8 cm³/mol. The molecule has 2 aliphatic rings. The second-order valence-electron chi connectivity index (χ2n) is 4.59. The van der Waals surface area contributed by atoms with E-state index in [2.05, 4.69) is 12.2 Å². The second kappa shape index (κ2) is 4.43. The van der Waals surface area contributed by atoms with Crippen LogP contribution in [0.1, 0.15) is 39.0 Å². The van der Waals surface area contributed by atoms with E-state index in [1.54, 1.807) is 0 Å². The maximum Gasteiger partial charge on any atom is 0.0643 e. The van der Waals surface area contributed by atoms with E-state index in [1.807, 2.05) is 0 Å². The largest absolute Gasteiger partial charge is 0.378 e. The number of hydrogen-bond acceptors (Lipinski definition) is 2. The molecule has 0 bridgehead atoms. The van der Waals surface area contributed by atoms with Crippen LogP contribution in [0.15, 0.2) is 0 Å². The van der Waals surface area contributed by atoms with Gasteiger partial charge in [-0.3, -0.25) is 0 Å². The minimum absolute atomic E-state index is 0.650. The van der Waals surface area contributed by atoms with Gasteiger partial charge < -0.3 is 10.1 Å². The third kappa shape index (κ3) is 2.44. The average molecular weight is 183 g/mol. The number of nitrogens with one attached hydrogen (secondary N) is 1. The lowest BCUT2D eigenvalue weighted by Crippen LogP contribution is -2.51. The fourth-order valence-corrected chi connectivity index (χ4v) is 2.47. The topological polar surface area (TPSA) is 21.3 Å². The number of hydrogen-bond donors (Lipinski definition) is 1. The van der Waals surface area contributed by atoms with Crippen molar-refractivity contribution in [1.82, 2.24) is 5.32 Å². The molecule has 76 valence electrons. The van der Waals surface area contributed by atoms with E-state index in [0.29, 0.717) is 12.1 Å². The zero-order chi connectivity index (χ0) is 9.10. The standard InChI is InChI=1S/C11H21NO/c1-9(12-11-7-13-8-11)10-5-3-2-4-6-10/h9-12H,2-8H2,1H3/t9-/m0/s1. The molecule has 2 rings (SSSR count). The first-order chi connectivity index (χ1) is 6.36. The maximum atomic E-state index is 5.16. The van der Waals surface area contributed by atoms with Crippen molar-refractivity contribution >= 4 is 0 Å². The monoisotopic (exact) mass is 183 g/mol. The van der Waals surface area contributed by atoms with Gasteiger partial charge in [-0.1, -0.05) is 19.3 Å². The summed E-state index contributed by atoms with van der Waals surface area (Å²) in [5, 5.41) is 3.66. The van der Waals surface area contributed by atoms with Crippen LogP contribution in [0.25, 0.3) is 0 Å². The summed E-state index contributed by atoms with van der Waals surface area (Å²) in [7, 11) is 0. The van der Waals surface area contributed by atoms with Crippen molar-refractivity contribution < 1.29 is 4.74 Å². The Kier molecular flexibility index (Phi) is 3.23. The molecule has 13 heavy (non-hydrogen) atoms. The van der Waals surface area contributed by atoms with Gasteiger partial charge in [0.25, 0.3) is 0 Å². The van der Waals surface area contributed by atoms with Gasteiger partial charge in [-0.2, -0.15) is 0 Å². The predicted octanol–water partition coefficient (Wildman–Crippen LogP) is 1.94. The number of rotatable bonds is 3. The normalized spacial score (nSPS) is 28.4. The van der Waals surface area contributed by atoms with Crippen LogP contribution in [-0.2, 0) is 4.74 Å². The van der Waals surface area contributed by atoms with Gasteiger partial charge in [0.15, 0.2) is 0 Å². The molecule has 1 atom stereocenters. The van der Waals surface area contributed by atoms with Crippen molar-refractivity contribution in [3.05, 3.63) is 0 Å². The van der Waals surface area contributed by atoms with Gasteiger partial charge in [-0.15, -0.1) is 0 Å². The van der Waals surface area contributed by atoms with Gasteiger partial charge in [-0.05, 0) is 25.7 Å². The Hall–Kier alpha value is -0.0800. The summed E-state index contributed by atoms with van der Waals surface area (Å²) in [5.74, 6) is 0.925. The Morgan fingerprint density at radius 2 is 1.85 bits per heavy atom. The molecular weight excluding hydrogens is 162 g/mol. The summed E-state index contributed by atoms with van der Waals surface area (Å²) < 4.78 is 5.16. The van der Waals surface area contributed by atoms with Crippen LogP contribution in [0.4, 0.5) is 0 Å². The van der Waals surface area contributed by atoms with E-state index >= 15 is 0 Å². The highest BCUT2D eigenvalue weighted by Gasteiger charge is 2.25. The highest BCUT2D eigenvalue weighted by Crippen LogP contribution is 2.26. The molecule has 0 aromatic rings. The van der Waals surface area contributed by atoms with E-state index < -0.39 is 0 Å². The lowest BCUT2D eigenvalue weighted by Gasteiger charge is -2.35. The summed E-state index contributed by atoms with van der Waals surface area (Å²) >= 11 is 0. The zero-order valence-electron chi connectivity index (χ0n) is 8.59. The molecule has 2 nitrogen and oxygen atoms in total. The van der Waals surface area contributed by atoms with E-state index in [-0.39, 0.29) is 0 Å². The van der Waals surface area contributed by atoms with Gasteiger partial charge in [0, 0.05) is 6.04 Å². The van der Waals surface area contributed by atoms with Gasteiger partial charge in [0.2, 0.25) is 0 Å². The lowest BCUT2D eigenvalue weighted by atomic mass is 9.84. The molecule has 0 aromatic carbocycles. The Bertz CT molecular complexity index is 150. The molecule has 1 aliphatic carbocycles. The average Bonchev–Trinajstić information content (AvgIpc) is 2.12. The van der Waals surface area contributed by atoms with E-state index in [1.165, 1.54) is 32.1 Å². The first kappa shape index (κ1) is 9.47. The van der Waals surface area contributed by atoms with Crippen molar-refractivity contribution in [2.45, 2.75) is 51.1 Å². The molecule has 1 N–H and O–H groups in total. The smallest absolute Gasteiger partial charge is 0.0643 e. The molecule has 0 spiro atoms. The Morgan fingerprint density at radius 1 is 1.15 bits per heavy atom. The van der Waals surface area contributed by atoms with E-state index in [4.69, 9.17) is 4.74 Å². The van der Waals surface area contributed by atoms with Crippen LogP contribution in [0, 0.1) is 5.92 Å². The van der Waals surface area contributed by atoms with Gasteiger partial charge in [-0.25, -0.2) is 0 Å². The minimum atomic E-state index is 0.650. The summed E-state index contributed by atoms with van der Waals surface area (Å²) in [6, 6.07) is 1.35. The van der Waals surface area contributed by atoms with Gasteiger partial charge in [0.05, 0.1) is 19.3 Å². The molecule has 1 aliphatic heterocycles.